The lowest BCUT2D eigenvalue weighted by atomic mass is 11.9. The van der Waals surface area contributed by atoms with E-state index in [1.54, 1.807) is 0 Å². The molecule has 0 N–H and O–H groups in total. The van der Waals surface area contributed by atoms with Gasteiger partial charge in [0.05, 0.1) is 0 Å². The molecule has 5 heavy (non-hydrogen) atoms. The van der Waals surface area contributed by atoms with Gasteiger partial charge in [0.15, 0.2) is 0 Å². The van der Waals surface area contributed by atoms with Crippen LogP contribution < -0.4 is 0 Å². The Kier molecular flexibility index (Phi) is 3.63. The summed E-state index contributed by atoms with van der Waals surface area (Å²) in [5.41, 5.74) is 0. The van der Waals surface area contributed by atoms with Crippen molar-refractivity contribution < 1.29 is 0 Å². The molecule has 4 heteroatoms. The van der Waals surface area contributed by atoms with E-state index in [9.17, 15) is 0 Å². The summed E-state index contributed by atoms with van der Waals surface area (Å²) >= 11 is 13.4. The Bertz CT molecular complexity index is 79.8. The smallest absolute Gasteiger partial charge is 0.0399 e. The quantitative estimate of drug-likeness (QED) is 0.411. The second kappa shape index (κ2) is 3.08. The van der Waals surface area contributed by atoms with Crippen LogP contribution >= 0.6 is 12.2 Å². The average Bonchev–Trinajstić information content (AvgIpc) is 1.38. The van der Waals surface area contributed by atoms with Gasteiger partial charge in [-0.15, -0.1) is 0 Å². The number of hydrogen-bond donors (Lipinski definition) is 1. The first-order valence-corrected chi connectivity index (χ1v) is 4.77. The fraction of sp³-hybridized carbons (Fsp3) is 0. The molecule has 0 bridgehead atoms. The van der Waals surface area contributed by atoms with Crippen LogP contribution in [0.3, 0.4) is 0 Å². The molecule has 0 fully saturated rings. The molecule has 0 aliphatic carbocycles. The van der Waals surface area contributed by atoms with Gasteiger partial charge in [0.25, 0.3) is 0 Å². The van der Waals surface area contributed by atoms with E-state index in [0.29, 0.717) is 0 Å². The largest absolute Gasteiger partial charge is 0.0809 e. The lowest BCUT2D eigenvalue weighted by molar-refractivity contribution is 4.46. The second-order valence-corrected chi connectivity index (χ2v) is 4.86. The van der Waals surface area contributed by atoms with Crippen LogP contribution in [-0.4, -0.2) is 4.70 Å². The van der Waals surface area contributed by atoms with Crippen LogP contribution in [-0.2, 0) is 30.4 Å². The van der Waals surface area contributed by atoms with E-state index in [4.69, 9.17) is 0 Å². The third-order valence-electron chi connectivity index (χ3n) is 0.0861. The third kappa shape index (κ3) is 4.88. The fourth-order valence-electron chi connectivity index (χ4n) is 0. The van der Waals surface area contributed by atoms with Gasteiger partial charge < -0.3 is 0 Å². The first-order chi connectivity index (χ1) is 2.27. The molecular formula is CH2S4. The highest BCUT2D eigenvalue weighted by Gasteiger charge is 1.48. The molecule has 0 saturated heterocycles. The summed E-state index contributed by atoms with van der Waals surface area (Å²) in [5.74, 6) is 0. The normalized spacial score (nSPS) is 8.20. The Labute approximate surface area is 47.4 Å². The minimum Gasteiger partial charge on any atom is -0.0809 e. The van der Waals surface area contributed by atoms with Crippen molar-refractivity contribution in [3.05, 3.63) is 0 Å². The van der Waals surface area contributed by atoms with E-state index < -0.39 is 8.01 Å². The number of thiocarbonyl (C=S) groups is 1. The lowest BCUT2D eigenvalue weighted by Gasteiger charge is -1.54. The molecule has 0 atom stereocenters. The molecular weight excluding hydrogens is 140 g/mol. The third-order valence-corrected chi connectivity index (χ3v) is 2.32. The Balaban J connectivity index is 3.69. The van der Waals surface area contributed by atoms with Gasteiger partial charge in [0, 0.05) is 4.70 Å². The first-order valence-electron chi connectivity index (χ1n) is 0.859. The highest BCUT2D eigenvalue weighted by molar-refractivity contribution is 8.55. The SMILES string of the molecule is S=C[SH](=S)=S. The number of hydrogen-bond acceptors (Lipinski definition) is 3. The van der Waals surface area contributed by atoms with E-state index in [0.717, 1.165) is 0 Å². The summed E-state index contributed by atoms with van der Waals surface area (Å²) < 4.78 is 1.44. The van der Waals surface area contributed by atoms with Gasteiger partial charge >= 0.3 is 0 Å². The molecule has 0 aromatic rings. The molecule has 0 rings (SSSR count). The van der Waals surface area contributed by atoms with Gasteiger partial charge in [0.1, 0.15) is 0 Å². The van der Waals surface area contributed by atoms with Crippen molar-refractivity contribution in [2.24, 2.45) is 0 Å². The van der Waals surface area contributed by atoms with Crippen molar-refractivity contribution in [3.63, 3.8) is 0 Å². The zero-order valence-electron chi connectivity index (χ0n) is 2.25. The summed E-state index contributed by atoms with van der Waals surface area (Å²) in [4.78, 5) is 0. The number of rotatable bonds is 1. The Morgan fingerprint density at radius 2 is 1.60 bits per heavy atom. The molecule has 30 valence electrons. The Morgan fingerprint density at radius 1 is 1.40 bits per heavy atom. The number of thiol groups is 1. The maximum Gasteiger partial charge on any atom is 0.0399 e. The van der Waals surface area contributed by atoms with Gasteiger partial charge in [0.2, 0.25) is 0 Å². The van der Waals surface area contributed by atoms with E-state index in [2.05, 4.69) is 34.6 Å². The van der Waals surface area contributed by atoms with Crippen LogP contribution in [0.1, 0.15) is 0 Å². The van der Waals surface area contributed by atoms with Crippen molar-refractivity contribution in [1.29, 1.82) is 0 Å². The predicted octanol–water partition coefficient (Wildman–Crippen LogP) is 0.218. The average molecular weight is 142 g/mol. The summed E-state index contributed by atoms with van der Waals surface area (Å²) in [5, 5.41) is 0. The van der Waals surface area contributed by atoms with Crippen LogP contribution in [0.4, 0.5) is 0 Å². The maximum absolute atomic E-state index is 4.50. The predicted molar refractivity (Wildman–Crippen MR) is 37.1 cm³/mol. The molecule has 0 spiro atoms. The van der Waals surface area contributed by atoms with Crippen LogP contribution in [0.5, 0.6) is 0 Å². The Morgan fingerprint density at radius 3 is 1.60 bits per heavy atom. The van der Waals surface area contributed by atoms with Crippen molar-refractivity contribution in [2.75, 3.05) is 0 Å². The van der Waals surface area contributed by atoms with Crippen molar-refractivity contribution in [2.45, 2.75) is 0 Å². The molecule has 0 aromatic heterocycles. The molecule has 0 nitrogen and oxygen atoms in total. The molecule has 0 aromatic carbocycles. The van der Waals surface area contributed by atoms with Gasteiger partial charge in [-0.05, 0) is 22.4 Å². The van der Waals surface area contributed by atoms with Crippen LogP contribution in [0.2, 0.25) is 0 Å². The van der Waals surface area contributed by atoms with Gasteiger partial charge in [-0.1, -0.05) is 20.2 Å². The van der Waals surface area contributed by atoms with E-state index in [1.165, 1.54) is 4.70 Å². The first kappa shape index (κ1) is 5.88. The van der Waals surface area contributed by atoms with E-state index >= 15 is 0 Å². The molecule has 0 radical (unpaired) electrons. The fourth-order valence-corrected chi connectivity index (χ4v) is 0. The van der Waals surface area contributed by atoms with Gasteiger partial charge in [-0.3, -0.25) is 0 Å². The Hall–Kier alpha value is 0.880. The highest BCUT2D eigenvalue weighted by Crippen LogP contribution is 1.50. The summed E-state index contributed by atoms with van der Waals surface area (Å²) in [6.45, 7) is 0. The highest BCUT2D eigenvalue weighted by atomic mass is 33.1. The zero-order valence-corrected chi connectivity index (χ0v) is 5.59. The molecule has 0 amide bonds. The molecule has 0 aliphatic rings. The molecule has 0 heterocycles. The van der Waals surface area contributed by atoms with Crippen LogP contribution in [0, 0.1) is 0 Å². The minimum absolute atomic E-state index is 0.742. The van der Waals surface area contributed by atoms with Crippen molar-refractivity contribution in [1.82, 2.24) is 0 Å². The van der Waals surface area contributed by atoms with Gasteiger partial charge in [-0.25, -0.2) is 0 Å². The van der Waals surface area contributed by atoms with Crippen LogP contribution in [0.25, 0.3) is 0 Å². The zero-order chi connectivity index (χ0) is 4.28. The standard InChI is InChI=1S/CH2S4/c2-1-5(3)4/h1,5H. The summed E-state index contributed by atoms with van der Waals surface area (Å²) in [6.07, 6.45) is 0. The van der Waals surface area contributed by atoms with Crippen molar-refractivity contribution >= 4 is 47.3 Å². The minimum atomic E-state index is -0.742. The lowest BCUT2D eigenvalue weighted by Crippen LogP contribution is -1.57. The molecule has 0 saturated carbocycles. The monoisotopic (exact) mass is 142 g/mol. The van der Waals surface area contributed by atoms with Crippen LogP contribution in [0.15, 0.2) is 0 Å². The van der Waals surface area contributed by atoms with Gasteiger partial charge in [-0.2, -0.15) is 0 Å². The summed E-state index contributed by atoms with van der Waals surface area (Å²) in [7, 11) is -0.742. The van der Waals surface area contributed by atoms with E-state index in [1.807, 2.05) is 0 Å². The summed E-state index contributed by atoms with van der Waals surface area (Å²) in [6, 6.07) is 0. The maximum atomic E-state index is 4.50. The van der Waals surface area contributed by atoms with Crippen molar-refractivity contribution in [3.8, 4) is 0 Å². The van der Waals surface area contributed by atoms with E-state index in [-0.39, 0.29) is 0 Å². The topological polar surface area (TPSA) is 0 Å². The molecule has 0 unspecified atom stereocenters. The molecule has 0 aliphatic heterocycles. The second-order valence-electron chi connectivity index (χ2n) is 0.391.